The molecule has 0 radical (unpaired) electrons. The van der Waals surface area contributed by atoms with Crippen molar-refractivity contribution < 1.29 is 0 Å². The highest BCUT2D eigenvalue weighted by Crippen LogP contribution is 2.31. The van der Waals surface area contributed by atoms with E-state index in [4.69, 9.17) is 5.10 Å². The molecule has 5 nitrogen and oxygen atoms in total. The second-order valence-corrected chi connectivity index (χ2v) is 8.81. The van der Waals surface area contributed by atoms with E-state index < -0.39 is 0 Å². The summed E-state index contributed by atoms with van der Waals surface area (Å²) in [4.78, 5) is 11.8. The molecule has 2 aliphatic rings. The number of nitrogens with zero attached hydrogens (tertiary/aromatic N) is 5. The third kappa shape index (κ3) is 5.37. The second kappa shape index (κ2) is 10.5. The van der Waals surface area contributed by atoms with Crippen molar-refractivity contribution in [1.29, 1.82) is 0 Å². The first-order chi connectivity index (χ1) is 16.4. The van der Waals surface area contributed by atoms with Gasteiger partial charge in [-0.3, -0.25) is 4.99 Å². The van der Waals surface area contributed by atoms with Crippen LogP contribution < -0.4 is 0 Å². The van der Waals surface area contributed by atoms with Crippen molar-refractivity contribution >= 4 is 12.1 Å². The van der Waals surface area contributed by atoms with Crippen LogP contribution in [0.25, 0.3) is 11.3 Å². The number of rotatable bonds is 5. The van der Waals surface area contributed by atoms with Crippen LogP contribution in [0.3, 0.4) is 0 Å². The molecule has 1 saturated heterocycles. The van der Waals surface area contributed by atoms with Crippen LogP contribution >= 0.6 is 0 Å². The fourth-order valence-electron chi connectivity index (χ4n) is 4.78. The summed E-state index contributed by atoms with van der Waals surface area (Å²) in [5.41, 5.74) is 4.84. The van der Waals surface area contributed by atoms with Gasteiger partial charge >= 0.3 is 0 Å². The fraction of sp³-hybridized carbons (Fsp3) is 0.321. The topological polar surface area (TPSA) is 45.8 Å². The van der Waals surface area contributed by atoms with E-state index in [-0.39, 0.29) is 0 Å². The lowest BCUT2D eigenvalue weighted by Crippen LogP contribution is -2.27. The first kappa shape index (κ1) is 21.5. The Morgan fingerprint density at radius 2 is 1.73 bits per heavy atom. The highest BCUT2D eigenvalue weighted by molar-refractivity contribution is 5.90. The molecule has 1 unspecified atom stereocenters. The average Bonchev–Trinajstić information content (AvgIpc) is 3.02. The zero-order valence-electron chi connectivity index (χ0n) is 19.1. The van der Waals surface area contributed by atoms with Gasteiger partial charge in [-0.15, -0.1) is 0 Å². The number of benzene rings is 2. The number of allylic oxidation sites excluding steroid dienone is 1. The lowest BCUT2D eigenvalue weighted by atomic mass is 9.96. The predicted octanol–water partition coefficient (Wildman–Crippen LogP) is 5.21. The van der Waals surface area contributed by atoms with Crippen LogP contribution in [0.4, 0.5) is 0 Å². The molecule has 5 rings (SSSR count). The summed E-state index contributed by atoms with van der Waals surface area (Å²) in [7, 11) is 0. The van der Waals surface area contributed by atoms with Gasteiger partial charge in [-0.05, 0) is 56.5 Å². The first-order valence-electron chi connectivity index (χ1n) is 12.0. The van der Waals surface area contributed by atoms with Gasteiger partial charge in [-0.2, -0.15) is 5.10 Å². The van der Waals surface area contributed by atoms with E-state index in [1.807, 2.05) is 24.6 Å². The Kier molecular flexibility index (Phi) is 6.88. The van der Waals surface area contributed by atoms with E-state index in [0.29, 0.717) is 12.5 Å². The van der Waals surface area contributed by atoms with E-state index in [1.165, 1.54) is 24.1 Å². The summed E-state index contributed by atoms with van der Waals surface area (Å²) in [6.07, 6.45) is 10.1. The Balaban J connectivity index is 1.36. The summed E-state index contributed by atoms with van der Waals surface area (Å²) >= 11 is 0. The molecule has 168 valence electrons. The van der Waals surface area contributed by atoms with Crippen LogP contribution in [-0.4, -0.2) is 52.9 Å². The van der Waals surface area contributed by atoms with Crippen LogP contribution in [0, 0.1) is 0 Å². The van der Waals surface area contributed by atoms with Crippen molar-refractivity contribution in [2.75, 3.05) is 26.2 Å². The van der Waals surface area contributed by atoms with E-state index in [0.717, 1.165) is 49.6 Å². The molecule has 1 aromatic heterocycles. The van der Waals surface area contributed by atoms with Gasteiger partial charge in [-0.25, -0.2) is 9.67 Å². The molecular weight excluding hydrogens is 406 g/mol. The zero-order chi connectivity index (χ0) is 22.3. The van der Waals surface area contributed by atoms with Gasteiger partial charge in [0.2, 0.25) is 0 Å². The molecule has 0 amide bonds. The van der Waals surface area contributed by atoms with Gasteiger partial charge in [0.15, 0.2) is 5.84 Å². The third-order valence-electron chi connectivity index (χ3n) is 6.58. The molecule has 2 aromatic carbocycles. The molecule has 1 atom stereocenters. The van der Waals surface area contributed by atoms with Crippen molar-refractivity contribution in [2.45, 2.75) is 31.6 Å². The molecule has 5 heteroatoms. The zero-order valence-corrected chi connectivity index (χ0v) is 19.1. The highest BCUT2D eigenvalue weighted by Gasteiger charge is 2.24. The minimum absolute atomic E-state index is 0.468. The molecule has 33 heavy (non-hydrogen) atoms. The lowest BCUT2D eigenvalue weighted by Gasteiger charge is -2.20. The van der Waals surface area contributed by atoms with Gasteiger partial charge in [0, 0.05) is 36.1 Å². The normalized spacial score (nSPS) is 19.2. The van der Waals surface area contributed by atoms with Gasteiger partial charge in [0.05, 0.1) is 12.2 Å². The molecule has 1 fully saturated rings. The number of likely N-dealkylation sites (tertiary alicyclic amines) is 1. The molecule has 0 bridgehead atoms. The second-order valence-electron chi connectivity index (χ2n) is 8.81. The number of aliphatic imine (C=N–C) groups is 2. The van der Waals surface area contributed by atoms with Crippen LogP contribution in [0.1, 0.15) is 36.4 Å². The van der Waals surface area contributed by atoms with Crippen molar-refractivity contribution in [2.24, 2.45) is 9.98 Å². The van der Waals surface area contributed by atoms with Crippen molar-refractivity contribution in [3.8, 4) is 11.3 Å². The highest BCUT2D eigenvalue weighted by atomic mass is 15.3. The van der Waals surface area contributed by atoms with Gasteiger partial charge in [0.25, 0.3) is 0 Å². The first-order valence-corrected chi connectivity index (χ1v) is 12.0. The van der Waals surface area contributed by atoms with E-state index in [1.54, 1.807) is 0 Å². The van der Waals surface area contributed by atoms with Crippen LogP contribution in [0.2, 0.25) is 0 Å². The molecule has 3 heterocycles. The lowest BCUT2D eigenvalue weighted by molar-refractivity contribution is 0.287. The summed E-state index contributed by atoms with van der Waals surface area (Å²) in [6.45, 7) is 3.95. The summed E-state index contributed by atoms with van der Waals surface area (Å²) in [5.74, 6) is 1.36. The minimum atomic E-state index is 0.468. The Hall–Kier alpha value is -3.31. The predicted molar refractivity (Wildman–Crippen MR) is 136 cm³/mol. The Labute approximate surface area is 196 Å². The third-order valence-corrected chi connectivity index (χ3v) is 6.58. The summed E-state index contributed by atoms with van der Waals surface area (Å²) < 4.78 is 2.07. The average molecular weight is 438 g/mol. The maximum absolute atomic E-state index is 5.01. The number of hydrogen-bond acceptors (Lipinski definition) is 4. The van der Waals surface area contributed by atoms with E-state index >= 15 is 0 Å². The smallest absolute Gasteiger partial charge is 0.151 e. The summed E-state index contributed by atoms with van der Waals surface area (Å²) in [6, 6.07) is 23.5. The quantitative estimate of drug-likeness (QED) is 0.550. The van der Waals surface area contributed by atoms with E-state index in [9.17, 15) is 0 Å². The molecule has 3 aromatic rings. The molecule has 0 N–H and O–H groups in total. The van der Waals surface area contributed by atoms with Gasteiger partial charge < -0.3 is 4.90 Å². The van der Waals surface area contributed by atoms with Crippen molar-refractivity contribution in [3.05, 3.63) is 90.3 Å². The van der Waals surface area contributed by atoms with Gasteiger partial charge in [0.1, 0.15) is 0 Å². The maximum atomic E-state index is 5.01. The monoisotopic (exact) mass is 437 g/mol. The molecule has 0 aliphatic carbocycles. The fourth-order valence-corrected chi connectivity index (χ4v) is 4.78. The molecule has 2 aliphatic heterocycles. The summed E-state index contributed by atoms with van der Waals surface area (Å²) in [5, 5.41) is 5.01. The Morgan fingerprint density at radius 3 is 2.58 bits per heavy atom. The molecule has 0 saturated carbocycles. The molecular formula is C28H31N5. The largest absolute Gasteiger partial charge is 0.303 e. The minimum Gasteiger partial charge on any atom is -0.303 e. The van der Waals surface area contributed by atoms with E-state index in [2.05, 4.69) is 80.2 Å². The number of aromatic nitrogens is 2. The molecule has 0 spiro atoms. The van der Waals surface area contributed by atoms with Crippen LogP contribution in [0.5, 0.6) is 0 Å². The van der Waals surface area contributed by atoms with Crippen LogP contribution in [0.15, 0.2) is 89.0 Å². The van der Waals surface area contributed by atoms with Crippen molar-refractivity contribution in [3.63, 3.8) is 0 Å². The Morgan fingerprint density at radius 1 is 0.909 bits per heavy atom. The maximum Gasteiger partial charge on any atom is 0.151 e. The Bertz CT molecular complexity index is 1130. The SMILES string of the molecule is C1=CN=C(n2nc(-c3ccccc3)cc2C2CCCN(CCc3ccccc3)CC2)CN=C1. The standard InChI is InChI=1S/C28H31N5/c1-3-9-23(10-4-1)14-19-32-18-7-13-25(15-20-32)27-21-26(24-11-5-2-6-12-24)31-33(27)28-22-29-16-8-17-30-28/h1-6,8-12,16-17,21,25H,7,13-15,18-20,22H2. The van der Waals surface area contributed by atoms with Crippen LogP contribution in [-0.2, 0) is 6.42 Å². The van der Waals surface area contributed by atoms with Gasteiger partial charge in [-0.1, -0.05) is 60.7 Å². The van der Waals surface area contributed by atoms with Crippen molar-refractivity contribution in [1.82, 2.24) is 14.7 Å². The number of hydrogen-bond donors (Lipinski definition) is 0.